The average molecular weight is 832 g/mol. The Kier molecular flexibility index (Phi) is 31.1. The number of carbonyl (C=O) groups is 2. The van der Waals surface area contributed by atoms with Gasteiger partial charge in [-0.05, 0) is 31.0 Å². The van der Waals surface area contributed by atoms with Crippen LogP contribution in [0.15, 0.2) is 18.2 Å². The number of amides is 2. The minimum Gasteiger partial charge on any atom is -0.268 e. The Hall–Kier alpha value is -1.65. The molecular weight excluding hydrogens is 752 g/mol. The zero-order chi connectivity index (χ0) is 40.5. The molecule has 0 spiro atoms. The molecule has 8 nitrogen and oxygen atoms in total. The Labute approximate surface area is 343 Å². The zero-order valence-corrected chi connectivity index (χ0v) is 37.3. The largest absolute Gasteiger partial charge is 0.268 e. The summed E-state index contributed by atoms with van der Waals surface area (Å²) in [4.78, 5) is 26.0. The van der Waals surface area contributed by atoms with Crippen LogP contribution in [-0.4, -0.2) is 40.2 Å². The molecule has 0 atom stereocenters. The number of halogens is 1. The van der Waals surface area contributed by atoms with Crippen molar-refractivity contribution in [3.8, 4) is 0 Å². The van der Waals surface area contributed by atoms with Gasteiger partial charge < -0.3 is 0 Å². The summed E-state index contributed by atoms with van der Waals surface area (Å²) in [7, 11) is -7.92. The maximum atomic E-state index is 13.0. The molecule has 0 bridgehead atoms. The standard InChI is InChI=1S/C44H79ClN2O6S2/c1-3-5-7-9-11-13-15-17-19-21-23-25-27-29-31-33-37-54(50,51)46-43(48)41-36-35-40(45)39-42(41)44(49)47-55(52,53)38-34-32-30-28-26-24-22-20-18-16-14-12-10-8-6-4-2/h35-36,39H,3-34,37-38H2,1-2H3,(H,46,48)(H,47,49). The van der Waals surface area contributed by atoms with Crippen molar-refractivity contribution in [3.05, 3.63) is 34.3 Å². The van der Waals surface area contributed by atoms with Crippen LogP contribution in [0.1, 0.15) is 240 Å². The molecule has 2 amide bonds. The molecule has 0 unspecified atom stereocenters. The topological polar surface area (TPSA) is 126 Å². The van der Waals surface area contributed by atoms with Gasteiger partial charge in [0.1, 0.15) is 0 Å². The summed E-state index contributed by atoms with van der Waals surface area (Å²) < 4.78 is 55.0. The van der Waals surface area contributed by atoms with E-state index in [-0.39, 0.29) is 27.7 Å². The Bertz CT molecular complexity index is 1350. The van der Waals surface area contributed by atoms with Crippen molar-refractivity contribution in [1.29, 1.82) is 0 Å². The van der Waals surface area contributed by atoms with E-state index in [4.69, 9.17) is 11.6 Å². The molecule has 1 aromatic rings. The second-order valence-corrected chi connectivity index (χ2v) is 19.9. The van der Waals surface area contributed by atoms with Gasteiger partial charge in [0.05, 0.1) is 22.6 Å². The maximum absolute atomic E-state index is 13.0. The van der Waals surface area contributed by atoms with Gasteiger partial charge in [0.25, 0.3) is 11.8 Å². The molecular formula is C44H79ClN2O6S2. The summed E-state index contributed by atoms with van der Waals surface area (Å²) in [5.41, 5.74) is -0.548. The molecule has 2 N–H and O–H groups in total. The number of rotatable bonds is 38. The summed E-state index contributed by atoms with van der Waals surface area (Å²) >= 11 is 6.08. The summed E-state index contributed by atoms with van der Waals surface area (Å²) in [6, 6.07) is 3.78. The van der Waals surface area contributed by atoms with Crippen LogP contribution in [-0.2, 0) is 20.0 Å². The molecule has 55 heavy (non-hydrogen) atoms. The van der Waals surface area contributed by atoms with E-state index in [0.29, 0.717) is 12.8 Å². The fourth-order valence-corrected chi connectivity index (χ4v) is 9.41. The minimum atomic E-state index is -3.97. The van der Waals surface area contributed by atoms with Crippen LogP contribution in [0.3, 0.4) is 0 Å². The molecule has 0 saturated heterocycles. The molecule has 320 valence electrons. The van der Waals surface area contributed by atoms with Crippen LogP contribution in [0.4, 0.5) is 0 Å². The molecule has 0 fully saturated rings. The Morgan fingerprint density at radius 1 is 0.418 bits per heavy atom. The number of unbranched alkanes of at least 4 members (excludes halogenated alkanes) is 30. The second kappa shape index (κ2) is 33.3. The van der Waals surface area contributed by atoms with Gasteiger partial charge in [-0.15, -0.1) is 0 Å². The monoisotopic (exact) mass is 831 g/mol. The average Bonchev–Trinajstić information content (AvgIpc) is 3.14. The molecule has 1 rings (SSSR count). The van der Waals surface area contributed by atoms with Gasteiger partial charge in [-0.2, -0.15) is 0 Å². The predicted molar refractivity (Wildman–Crippen MR) is 233 cm³/mol. The van der Waals surface area contributed by atoms with Crippen LogP contribution in [0, 0.1) is 0 Å². The van der Waals surface area contributed by atoms with E-state index in [1.165, 1.54) is 159 Å². The van der Waals surface area contributed by atoms with E-state index >= 15 is 0 Å². The molecule has 0 aromatic heterocycles. The third kappa shape index (κ3) is 29.3. The van der Waals surface area contributed by atoms with E-state index in [9.17, 15) is 26.4 Å². The van der Waals surface area contributed by atoms with Crippen LogP contribution in [0.25, 0.3) is 0 Å². The van der Waals surface area contributed by atoms with Crippen LogP contribution < -0.4 is 9.44 Å². The lowest BCUT2D eigenvalue weighted by atomic mass is 10.0. The van der Waals surface area contributed by atoms with E-state index in [2.05, 4.69) is 13.8 Å². The van der Waals surface area contributed by atoms with Gasteiger partial charge in [-0.3, -0.25) is 9.59 Å². The summed E-state index contributed by atoms with van der Waals surface area (Å²) in [6.07, 6.45) is 37.7. The Balaban J connectivity index is 2.28. The maximum Gasteiger partial charge on any atom is 0.265 e. The highest BCUT2D eigenvalue weighted by Gasteiger charge is 2.24. The lowest BCUT2D eigenvalue weighted by Gasteiger charge is -2.12. The molecule has 0 saturated carbocycles. The molecule has 0 radical (unpaired) electrons. The van der Waals surface area contributed by atoms with Crippen LogP contribution in [0.2, 0.25) is 5.02 Å². The lowest BCUT2D eigenvalue weighted by molar-refractivity contribution is 0.0947. The molecule has 0 aliphatic carbocycles. The number of sulfonamides is 2. The molecule has 0 aliphatic heterocycles. The Morgan fingerprint density at radius 3 is 0.964 bits per heavy atom. The highest BCUT2D eigenvalue weighted by atomic mass is 35.5. The summed E-state index contributed by atoms with van der Waals surface area (Å²) in [5.74, 6) is -2.43. The van der Waals surface area contributed by atoms with Crippen molar-refractivity contribution >= 4 is 43.5 Å². The van der Waals surface area contributed by atoms with Gasteiger partial charge in [-0.25, -0.2) is 26.3 Å². The number of carbonyl (C=O) groups excluding carboxylic acids is 2. The first-order chi connectivity index (χ1) is 26.5. The van der Waals surface area contributed by atoms with Crippen molar-refractivity contribution in [2.75, 3.05) is 11.5 Å². The predicted octanol–water partition coefficient (Wildman–Crippen LogP) is 13.0. The van der Waals surface area contributed by atoms with Gasteiger partial charge in [0.15, 0.2) is 0 Å². The fourth-order valence-electron chi connectivity index (χ4n) is 7.08. The third-order valence-electron chi connectivity index (χ3n) is 10.5. The van der Waals surface area contributed by atoms with E-state index in [1.807, 2.05) is 9.44 Å². The number of hydrogen-bond donors (Lipinski definition) is 2. The first-order valence-electron chi connectivity index (χ1n) is 22.4. The smallest absolute Gasteiger partial charge is 0.265 e. The van der Waals surface area contributed by atoms with E-state index in [1.54, 1.807) is 0 Å². The Morgan fingerprint density at radius 2 is 0.673 bits per heavy atom. The zero-order valence-electron chi connectivity index (χ0n) is 34.9. The van der Waals surface area contributed by atoms with Gasteiger partial charge in [0.2, 0.25) is 20.0 Å². The number of benzene rings is 1. The van der Waals surface area contributed by atoms with Gasteiger partial charge in [-0.1, -0.05) is 218 Å². The van der Waals surface area contributed by atoms with Crippen molar-refractivity contribution in [2.45, 2.75) is 219 Å². The van der Waals surface area contributed by atoms with E-state index in [0.717, 1.165) is 51.4 Å². The SMILES string of the molecule is CCCCCCCCCCCCCCCCCCS(=O)(=O)NC(=O)c1ccc(Cl)cc1C(=O)NS(=O)(=O)CCCCCCCCCCCCCCCCCC. The molecule has 11 heteroatoms. The summed E-state index contributed by atoms with van der Waals surface area (Å²) in [6.45, 7) is 4.50. The van der Waals surface area contributed by atoms with Crippen LogP contribution >= 0.6 is 11.6 Å². The molecule has 1 aromatic carbocycles. The van der Waals surface area contributed by atoms with Gasteiger partial charge >= 0.3 is 0 Å². The quantitative estimate of drug-likeness (QED) is 0.0639. The van der Waals surface area contributed by atoms with Crippen molar-refractivity contribution in [2.24, 2.45) is 0 Å². The van der Waals surface area contributed by atoms with Gasteiger partial charge in [0, 0.05) is 5.02 Å². The molecule has 0 heterocycles. The highest BCUT2D eigenvalue weighted by molar-refractivity contribution is 7.90. The number of nitrogens with one attached hydrogen (secondary N) is 2. The minimum absolute atomic E-state index is 0.118. The first-order valence-corrected chi connectivity index (χ1v) is 26.1. The van der Waals surface area contributed by atoms with Crippen LogP contribution in [0.5, 0.6) is 0 Å². The number of hydrogen-bond acceptors (Lipinski definition) is 6. The lowest BCUT2D eigenvalue weighted by Crippen LogP contribution is -2.36. The normalized spacial score (nSPS) is 11.9. The van der Waals surface area contributed by atoms with E-state index < -0.39 is 31.9 Å². The fraction of sp³-hybridized carbons (Fsp3) is 0.818. The third-order valence-corrected chi connectivity index (χ3v) is 13.4. The highest BCUT2D eigenvalue weighted by Crippen LogP contribution is 2.19. The molecule has 0 aliphatic rings. The van der Waals surface area contributed by atoms with Crippen molar-refractivity contribution < 1.29 is 26.4 Å². The summed E-state index contributed by atoms with van der Waals surface area (Å²) in [5, 5.41) is 0.118. The van der Waals surface area contributed by atoms with Crippen molar-refractivity contribution in [1.82, 2.24) is 9.44 Å². The first kappa shape index (κ1) is 51.4. The van der Waals surface area contributed by atoms with Crippen molar-refractivity contribution in [3.63, 3.8) is 0 Å². The second-order valence-electron chi connectivity index (χ2n) is 15.8.